The Hall–Kier alpha value is -4.00. The predicted molar refractivity (Wildman–Crippen MR) is 158 cm³/mol. The van der Waals surface area contributed by atoms with Crippen molar-refractivity contribution in [1.82, 2.24) is 0 Å². The SMILES string of the molecule is CCOc1ccc(N2C(=O)[C@@H]3[C@@H]4c5cc(C(C)(C)C)ccc5[C@@H](c5cc(C(C)(C)C)ccc54)[C@@H]3C2=O)c([N+](=O)[O-])c1. The van der Waals surface area contributed by atoms with Gasteiger partial charge in [0.15, 0.2) is 0 Å². The molecule has 3 aromatic carbocycles. The number of carbonyl (C=O) groups excluding carboxylic acids is 2. The Morgan fingerprint density at radius 3 is 1.66 bits per heavy atom. The van der Waals surface area contributed by atoms with Crippen LogP contribution in [-0.4, -0.2) is 23.3 Å². The van der Waals surface area contributed by atoms with Crippen LogP contribution in [0.3, 0.4) is 0 Å². The molecule has 0 unspecified atom stereocenters. The minimum absolute atomic E-state index is 0.00104. The maximum absolute atomic E-state index is 14.3. The normalized spacial score (nSPS) is 22.9. The van der Waals surface area contributed by atoms with Gasteiger partial charge in [-0.15, -0.1) is 0 Å². The molecule has 7 heteroatoms. The smallest absolute Gasteiger partial charge is 0.297 e. The number of imide groups is 1. The second-order valence-electron chi connectivity index (χ2n) is 13.5. The highest BCUT2D eigenvalue weighted by Gasteiger charge is 2.62. The number of rotatable bonds is 4. The number of nitrogens with zero attached hydrogens (tertiary/aromatic N) is 2. The predicted octanol–water partition coefficient (Wildman–Crippen LogP) is 6.99. The Kier molecular flexibility index (Phi) is 5.97. The molecule has 0 saturated carbocycles. The van der Waals surface area contributed by atoms with Crippen molar-refractivity contribution < 1.29 is 19.2 Å². The Bertz CT molecular complexity index is 1540. The van der Waals surface area contributed by atoms with E-state index in [1.54, 1.807) is 13.0 Å². The van der Waals surface area contributed by atoms with Crippen LogP contribution >= 0.6 is 0 Å². The van der Waals surface area contributed by atoms with E-state index in [2.05, 4.69) is 77.9 Å². The van der Waals surface area contributed by atoms with E-state index in [0.717, 1.165) is 27.2 Å². The van der Waals surface area contributed by atoms with Crippen LogP contribution in [0.2, 0.25) is 0 Å². The average molecular weight is 553 g/mol. The zero-order chi connectivity index (χ0) is 29.6. The van der Waals surface area contributed by atoms with Crippen LogP contribution in [0.4, 0.5) is 11.4 Å². The quantitative estimate of drug-likeness (QED) is 0.198. The third kappa shape index (κ3) is 4.00. The molecule has 4 atom stereocenters. The van der Waals surface area contributed by atoms with Crippen LogP contribution in [0.5, 0.6) is 5.75 Å². The summed E-state index contributed by atoms with van der Waals surface area (Å²) in [5.74, 6) is -2.31. The number of nitro benzene ring substituents is 1. The van der Waals surface area contributed by atoms with E-state index >= 15 is 0 Å². The zero-order valence-electron chi connectivity index (χ0n) is 24.6. The van der Waals surface area contributed by atoms with E-state index in [1.807, 2.05) is 0 Å². The Morgan fingerprint density at radius 1 is 0.756 bits per heavy atom. The number of anilines is 1. The molecule has 41 heavy (non-hydrogen) atoms. The molecule has 1 aliphatic heterocycles. The molecular weight excluding hydrogens is 516 g/mol. The fraction of sp³-hybridized carbons (Fsp3) is 0.412. The highest BCUT2D eigenvalue weighted by atomic mass is 16.6. The fourth-order valence-corrected chi connectivity index (χ4v) is 7.04. The topological polar surface area (TPSA) is 89.8 Å². The Labute approximate surface area is 240 Å². The van der Waals surface area contributed by atoms with Crippen LogP contribution in [0.1, 0.15) is 93.7 Å². The standard InChI is InChI=1S/C34H36N2O5/c1-8-41-20-11-14-25(26(17-20)36(39)40)35-31(37)29-27-22-13-10-19(34(5,6)7)16-24(22)28(30(29)32(35)38)21-12-9-18(15-23(21)27)33(2,3)4/h9-17,27-30H,8H2,1-7H3/t27-,28-,29-,30+/m0/s1. The number of hydrogen-bond acceptors (Lipinski definition) is 5. The van der Waals surface area contributed by atoms with Crippen LogP contribution in [0.25, 0.3) is 0 Å². The van der Waals surface area contributed by atoms with Gasteiger partial charge in [-0.2, -0.15) is 0 Å². The van der Waals surface area contributed by atoms with Crippen LogP contribution in [-0.2, 0) is 20.4 Å². The molecule has 0 radical (unpaired) electrons. The van der Waals surface area contributed by atoms with E-state index in [0.29, 0.717) is 12.4 Å². The third-order valence-electron chi connectivity index (χ3n) is 9.06. The molecule has 4 aliphatic rings. The summed E-state index contributed by atoms with van der Waals surface area (Å²) in [7, 11) is 0. The van der Waals surface area contributed by atoms with Gasteiger partial charge >= 0.3 is 0 Å². The minimum Gasteiger partial charge on any atom is -0.494 e. The summed E-state index contributed by atoms with van der Waals surface area (Å²) >= 11 is 0. The first-order valence-electron chi connectivity index (χ1n) is 14.3. The summed E-state index contributed by atoms with van der Waals surface area (Å²) in [6.45, 7) is 15.1. The number of carbonyl (C=O) groups is 2. The van der Waals surface area contributed by atoms with Gasteiger partial charge < -0.3 is 4.74 Å². The van der Waals surface area contributed by atoms with Gasteiger partial charge in [0, 0.05) is 11.8 Å². The largest absolute Gasteiger partial charge is 0.494 e. The lowest BCUT2D eigenvalue weighted by Gasteiger charge is -2.47. The minimum atomic E-state index is -0.630. The van der Waals surface area contributed by atoms with Crippen molar-refractivity contribution in [3.63, 3.8) is 0 Å². The highest BCUT2D eigenvalue weighted by molar-refractivity contribution is 6.24. The van der Waals surface area contributed by atoms with E-state index in [-0.39, 0.29) is 45.9 Å². The van der Waals surface area contributed by atoms with Gasteiger partial charge in [-0.1, -0.05) is 77.9 Å². The van der Waals surface area contributed by atoms with Crippen molar-refractivity contribution in [2.75, 3.05) is 11.5 Å². The third-order valence-corrected chi connectivity index (χ3v) is 9.06. The number of ether oxygens (including phenoxy) is 1. The molecule has 0 N–H and O–H groups in total. The van der Waals surface area contributed by atoms with Gasteiger partial charge in [0.1, 0.15) is 11.4 Å². The molecule has 1 heterocycles. The van der Waals surface area contributed by atoms with Gasteiger partial charge in [-0.25, -0.2) is 4.90 Å². The molecule has 0 spiro atoms. The molecule has 7 rings (SSSR count). The maximum atomic E-state index is 14.3. The van der Waals surface area contributed by atoms with Gasteiger partial charge in [-0.3, -0.25) is 19.7 Å². The lowest BCUT2D eigenvalue weighted by molar-refractivity contribution is -0.384. The number of hydrogen-bond donors (Lipinski definition) is 0. The zero-order valence-corrected chi connectivity index (χ0v) is 24.6. The van der Waals surface area contributed by atoms with Gasteiger partial charge in [0.25, 0.3) is 5.69 Å². The van der Waals surface area contributed by atoms with Crippen LogP contribution in [0, 0.1) is 22.0 Å². The molecule has 3 aromatic rings. The van der Waals surface area contributed by atoms with Crippen molar-refractivity contribution in [3.8, 4) is 5.75 Å². The van der Waals surface area contributed by atoms with Crippen molar-refractivity contribution in [3.05, 3.63) is 98.1 Å². The molecule has 7 nitrogen and oxygen atoms in total. The van der Waals surface area contributed by atoms with E-state index in [1.165, 1.54) is 23.3 Å². The molecule has 2 bridgehead atoms. The summed E-state index contributed by atoms with van der Waals surface area (Å²) in [4.78, 5) is 41.3. The van der Waals surface area contributed by atoms with Crippen molar-refractivity contribution in [2.45, 2.75) is 71.1 Å². The van der Waals surface area contributed by atoms with E-state index < -0.39 is 16.8 Å². The summed E-state index contributed by atoms with van der Waals surface area (Å²) in [6.07, 6.45) is 0. The molecule has 2 amide bonds. The number of benzene rings is 3. The monoisotopic (exact) mass is 552 g/mol. The molecule has 0 aromatic heterocycles. The van der Waals surface area contributed by atoms with Crippen LogP contribution < -0.4 is 9.64 Å². The number of nitro groups is 1. The molecule has 212 valence electrons. The fourth-order valence-electron chi connectivity index (χ4n) is 7.04. The van der Waals surface area contributed by atoms with Gasteiger partial charge in [0.2, 0.25) is 11.8 Å². The summed E-state index contributed by atoms with van der Waals surface area (Å²) in [5, 5.41) is 12.1. The van der Waals surface area contributed by atoms with Crippen molar-refractivity contribution in [2.24, 2.45) is 11.8 Å². The highest BCUT2D eigenvalue weighted by Crippen LogP contribution is 2.62. The molecular formula is C34H36N2O5. The summed E-state index contributed by atoms with van der Waals surface area (Å²) < 4.78 is 5.48. The summed E-state index contributed by atoms with van der Waals surface area (Å²) in [5.41, 5.74) is 6.17. The second-order valence-corrected chi connectivity index (χ2v) is 13.5. The number of amides is 2. The Morgan fingerprint density at radius 2 is 1.24 bits per heavy atom. The van der Waals surface area contributed by atoms with Crippen molar-refractivity contribution >= 4 is 23.2 Å². The summed E-state index contributed by atoms with van der Waals surface area (Å²) in [6, 6.07) is 17.3. The first-order valence-corrected chi connectivity index (χ1v) is 14.3. The maximum Gasteiger partial charge on any atom is 0.297 e. The molecule has 1 fully saturated rings. The Balaban J connectivity index is 1.55. The average Bonchev–Trinajstić information content (AvgIpc) is 3.17. The second kappa shape index (κ2) is 9.00. The lowest BCUT2D eigenvalue weighted by Crippen LogP contribution is -2.42. The first-order chi connectivity index (χ1) is 19.2. The lowest BCUT2D eigenvalue weighted by atomic mass is 9.54. The molecule has 1 saturated heterocycles. The van der Waals surface area contributed by atoms with Gasteiger partial charge in [-0.05, 0) is 63.3 Å². The molecule has 3 aliphatic carbocycles. The van der Waals surface area contributed by atoms with Crippen LogP contribution in [0.15, 0.2) is 54.6 Å². The van der Waals surface area contributed by atoms with E-state index in [4.69, 9.17) is 4.74 Å². The van der Waals surface area contributed by atoms with E-state index in [9.17, 15) is 19.7 Å². The van der Waals surface area contributed by atoms with Crippen molar-refractivity contribution in [1.29, 1.82) is 0 Å². The first kappa shape index (κ1) is 27.2. The van der Waals surface area contributed by atoms with Gasteiger partial charge in [0.05, 0.1) is 29.4 Å².